The lowest BCUT2D eigenvalue weighted by Gasteiger charge is -1.99. The molecule has 0 aromatic heterocycles. The van der Waals surface area contributed by atoms with E-state index in [1.165, 1.54) is 0 Å². The van der Waals surface area contributed by atoms with Crippen LogP contribution >= 0.6 is 0 Å². The summed E-state index contributed by atoms with van der Waals surface area (Å²) in [6.07, 6.45) is 0.273. The molecule has 0 aliphatic carbocycles. The summed E-state index contributed by atoms with van der Waals surface area (Å²) in [6.45, 7) is 4.99. The molecule has 42 valence electrons. The first-order valence-electron chi connectivity index (χ1n) is 2.66. The maximum Gasteiger partial charge on any atom is 0.105 e. The molecule has 0 unspecified atom stereocenters. The number of rotatable bonds is 0. The first kappa shape index (κ1) is 5.06. The predicted octanol–water partition coefficient (Wildman–Crippen LogP) is 0.341. The predicted molar refractivity (Wildman–Crippen MR) is 28.0 cm³/mol. The van der Waals surface area contributed by atoms with Crippen LogP contribution < -0.4 is 5.32 Å². The van der Waals surface area contributed by atoms with Gasteiger partial charge in [0.25, 0.3) is 0 Å². The summed E-state index contributed by atoms with van der Waals surface area (Å²) in [5, 5.41) is 3.19. The van der Waals surface area contributed by atoms with Crippen molar-refractivity contribution in [3.05, 3.63) is 0 Å². The van der Waals surface area contributed by atoms with Gasteiger partial charge in [-0.25, -0.2) is 0 Å². The van der Waals surface area contributed by atoms with E-state index in [0.717, 1.165) is 6.61 Å². The molecule has 0 aromatic carbocycles. The monoisotopic (exact) mass is 101 g/mol. The van der Waals surface area contributed by atoms with Gasteiger partial charge in [0.15, 0.2) is 0 Å². The van der Waals surface area contributed by atoms with E-state index in [9.17, 15) is 0 Å². The zero-order valence-corrected chi connectivity index (χ0v) is 4.77. The second-order valence-corrected chi connectivity index (χ2v) is 2.04. The smallest absolute Gasteiger partial charge is 0.105 e. The minimum Gasteiger partial charge on any atom is -0.362 e. The molecule has 2 nitrogen and oxygen atoms in total. The van der Waals surface area contributed by atoms with Crippen molar-refractivity contribution in [2.24, 2.45) is 0 Å². The minimum atomic E-state index is 0.273. The van der Waals surface area contributed by atoms with Crippen molar-refractivity contribution >= 4 is 0 Å². The average molecular weight is 101 g/mol. The summed E-state index contributed by atoms with van der Waals surface area (Å²) < 4.78 is 5.15. The van der Waals surface area contributed by atoms with Gasteiger partial charge >= 0.3 is 0 Å². The van der Waals surface area contributed by atoms with E-state index in [2.05, 4.69) is 12.2 Å². The van der Waals surface area contributed by atoms with Crippen LogP contribution in [0.1, 0.15) is 13.8 Å². The van der Waals surface area contributed by atoms with E-state index in [1.807, 2.05) is 6.92 Å². The summed E-state index contributed by atoms with van der Waals surface area (Å²) in [5.74, 6) is 0. The Morgan fingerprint density at radius 2 is 2.29 bits per heavy atom. The van der Waals surface area contributed by atoms with Crippen molar-refractivity contribution in [3.63, 3.8) is 0 Å². The lowest BCUT2D eigenvalue weighted by Crippen LogP contribution is -2.25. The molecular weight excluding hydrogens is 90.1 g/mol. The van der Waals surface area contributed by atoms with Crippen LogP contribution in [0.15, 0.2) is 0 Å². The van der Waals surface area contributed by atoms with E-state index in [0.29, 0.717) is 6.04 Å². The van der Waals surface area contributed by atoms with Crippen molar-refractivity contribution in [1.82, 2.24) is 5.32 Å². The summed E-state index contributed by atoms with van der Waals surface area (Å²) in [5.41, 5.74) is 0. The average Bonchev–Trinajstić information content (AvgIpc) is 1.87. The molecule has 1 rings (SSSR count). The fourth-order valence-electron chi connectivity index (χ4n) is 0.786. The molecule has 0 saturated carbocycles. The third kappa shape index (κ3) is 1.14. The van der Waals surface area contributed by atoms with Crippen molar-refractivity contribution in [2.45, 2.75) is 26.1 Å². The molecule has 1 N–H and O–H groups in total. The minimum absolute atomic E-state index is 0.273. The van der Waals surface area contributed by atoms with E-state index in [4.69, 9.17) is 4.74 Å². The molecule has 0 amide bonds. The van der Waals surface area contributed by atoms with Gasteiger partial charge in [0.2, 0.25) is 0 Å². The SMILES string of the molecule is C[C@@H]1N[C@@H](C)CO1. The Morgan fingerprint density at radius 3 is 2.43 bits per heavy atom. The highest BCUT2D eigenvalue weighted by Gasteiger charge is 2.14. The lowest BCUT2D eigenvalue weighted by atomic mass is 10.4. The maximum atomic E-state index is 5.15. The van der Waals surface area contributed by atoms with Gasteiger partial charge in [-0.3, -0.25) is 5.32 Å². The standard InChI is InChI=1S/C5H11NO/c1-4-3-7-5(2)6-4/h4-6H,3H2,1-2H3/t4-,5+/m0/s1. The fraction of sp³-hybridized carbons (Fsp3) is 1.00. The molecule has 2 heteroatoms. The van der Waals surface area contributed by atoms with Gasteiger partial charge in [-0.15, -0.1) is 0 Å². The molecule has 1 saturated heterocycles. The molecule has 7 heavy (non-hydrogen) atoms. The summed E-state index contributed by atoms with van der Waals surface area (Å²) >= 11 is 0. The molecule has 1 fully saturated rings. The van der Waals surface area contributed by atoms with Crippen LogP contribution in [0.5, 0.6) is 0 Å². The highest BCUT2D eigenvalue weighted by atomic mass is 16.5. The van der Waals surface area contributed by atoms with Crippen LogP contribution in [0.3, 0.4) is 0 Å². The Kier molecular flexibility index (Phi) is 1.30. The molecule has 0 aromatic rings. The van der Waals surface area contributed by atoms with Crippen molar-refractivity contribution in [2.75, 3.05) is 6.61 Å². The Bertz CT molecular complexity index is 57.1. The molecular formula is C5H11NO. The van der Waals surface area contributed by atoms with Crippen LogP contribution in [0, 0.1) is 0 Å². The molecule has 1 aliphatic heterocycles. The van der Waals surface area contributed by atoms with Crippen molar-refractivity contribution in [3.8, 4) is 0 Å². The highest BCUT2D eigenvalue weighted by molar-refractivity contribution is 4.66. The Hall–Kier alpha value is -0.0800. The quantitative estimate of drug-likeness (QED) is 0.475. The molecule has 0 bridgehead atoms. The number of nitrogens with one attached hydrogen (secondary N) is 1. The van der Waals surface area contributed by atoms with Crippen LogP contribution in [0.4, 0.5) is 0 Å². The Morgan fingerprint density at radius 1 is 1.57 bits per heavy atom. The Balaban J connectivity index is 2.26. The first-order chi connectivity index (χ1) is 3.29. The molecule has 1 aliphatic rings. The maximum absolute atomic E-state index is 5.15. The third-order valence-electron chi connectivity index (χ3n) is 1.12. The summed E-state index contributed by atoms with van der Waals surface area (Å²) in [6, 6.07) is 0.551. The summed E-state index contributed by atoms with van der Waals surface area (Å²) in [4.78, 5) is 0. The molecule has 0 radical (unpaired) electrons. The van der Waals surface area contributed by atoms with Crippen molar-refractivity contribution < 1.29 is 4.74 Å². The molecule has 0 spiro atoms. The number of ether oxygens (including phenoxy) is 1. The highest BCUT2D eigenvalue weighted by Crippen LogP contribution is 1.98. The zero-order chi connectivity index (χ0) is 5.28. The second-order valence-electron chi connectivity index (χ2n) is 2.04. The molecule has 2 atom stereocenters. The second kappa shape index (κ2) is 1.80. The number of hydrogen-bond donors (Lipinski definition) is 1. The van der Waals surface area contributed by atoms with E-state index >= 15 is 0 Å². The van der Waals surface area contributed by atoms with Gasteiger partial charge < -0.3 is 4.74 Å². The Labute approximate surface area is 43.9 Å². The van der Waals surface area contributed by atoms with Gasteiger partial charge in [-0.1, -0.05) is 0 Å². The van der Waals surface area contributed by atoms with Gasteiger partial charge in [0.1, 0.15) is 6.23 Å². The zero-order valence-electron chi connectivity index (χ0n) is 4.77. The van der Waals surface area contributed by atoms with Crippen LogP contribution in [0.25, 0.3) is 0 Å². The van der Waals surface area contributed by atoms with E-state index in [1.54, 1.807) is 0 Å². The first-order valence-corrected chi connectivity index (χ1v) is 2.66. The van der Waals surface area contributed by atoms with Crippen LogP contribution in [0.2, 0.25) is 0 Å². The molecule has 1 heterocycles. The van der Waals surface area contributed by atoms with Gasteiger partial charge in [0, 0.05) is 6.04 Å². The van der Waals surface area contributed by atoms with Gasteiger partial charge in [0.05, 0.1) is 6.61 Å². The topological polar surface area (TPSA) is 21.3 Å². The van der Waals surface area contributed by atoms with Crippen LogP contribution in [-0.4, -0.2) is 18.9 Å². The largest absolute Gasteiger partial charge is 0.362 e. The van der Waals surface area contributed by atoms with Crippen molar-refractivity contribution in [1.29, 1.82) is 0 Å². The fourth-order valence-corrected chi connectivity index (χ4v) is 0.786. The van der Waals surface area contributed by atoms with E-state index in [-0.39, 0.29) is 6.23 Å². The van der Waals surface area contributed by atoms with Gasteiger partial charge in [-0.05, 0) is 13.8 Å². The van der Waals surface area contributed by atoms with Gasteiger partial charge in [-0.2, -0.15) is 0 Å². The van der Waals surface area contributed by atoms with E-state index < -0.39 is 0 Å². The lowest BCUT2D eigenvalue weighted by molar-refractivity contribution is 0.115. The normalized spacial score (nSPS) is 42.0. The van der Waals surface area contributed by atoms with Crippen LogP contribution in [-0.2, 0) is 4.74 Å². The number of hydrogen-bond acceptors (Lipinski definition) is 2. The summed E-state index contributed by atoms with van der Waals surface area (Å²) in [7, 11) is 0. The third-order valence-corrected chi connectivity index (χ3v) is 1.12.